The van der Waals surface area contributed by atoms with Crippen LogP contribution in [0.15, 0.2) is 17.0 Å². The van der Waals surface area contributed by atoms with Gasteiger partial charge in [-0.2, -0.15) is 4.31 Å². The van der Waals surface area contributed by atoms with Gasteiger partial charge in [0, 0.05) is 18.1 Å². The molecule has 0 saturated heterocycles. The van der Waals surface area contributed by atoms with Gasteiger partial charge < -0.3 is 5.11 Å². The molecule has 0 fully saturated rings. The van der Waals surface area contributed by atoms with Gasteiger partial charge in [-0.05, 0) is 12.1 Å². The Labute approximate surface area is 138 Å². The van der Waals surface area contributed by atoms with E-state index in [0.717, 1.165) is 4.31 Å². The van der Waals surface area contributed by atoms with Gasteiger partial charge in [-0.3, -0.25) is 4.79 Å². The number of rotatable bonds is 6. The lowest BCUT2D eigenvalue weighted by atomic mass is 10.2. The summed E-state index contributed by atoms with van der Waals surface area (Å²) >= 11 is 17.6. The Balaban J connectivity index is 3.29. The molecule has 1 atom stereocenters. The zero-order chi connectivity index (χ0) is 16.4. The highest BCUT2D eigenvalue weighted by atomic mass is 35.5. The van der Waals surface area contributed by atoms with E-state index >= 15 is 0 Å². The first kappa shape index (κ1) is 18.5. The van der Waals surface area contributed by atoms with E-state index in [-0.39, 0.29) is 33.1 Å². The third kappa shape index (κ3) is 4.23. The molecule has 0 bridgehead atoms. The van der Waals surface area contributed by atoms with Gasteiger partial charge in [0.2, 0.25) is 10.0 Å². The molecule has 0 radical (unpaired) electrons. The summed E-state index contributed by atoms with van der Waals surface area (Å²) in [6.45, 7) is 2.94. The highest BCUT2D eigenvalue weighted by molar-refractivity contribution is 7.89. The molecule has 0 aliphatic rings. The van der Waals surface area contributed by atoms with Gasteiger partial charge in [-0.15, -0.1) is 0 Å². The van der Waals surface area contributed by atoms with E-state index < -0.39 is 21.9 Å². The summed E-state index contributed by atoms with van der Waals surface area (Å²) in [5.74, 6) is -1.94. The zero-order valence-corrected chi connectivity index (χ0v) is 14.4. The standard InChI is InChI=1S/C12H14Cl3NO4S/c1-3-16(6-7(2)12(17)18)21(19,20)11-9(14)4-8(13)5-10(11)15/h4-5,7H,3,6H2,1-2H3,(H,17,18). The van der Waals surface area contributed by atoms with Gasteiger partial charge in [0.15, 0.2) is 0 Å². The van der Waals surface area contributed by atoms with Crippen LogP contribution in [0.1, 0.15) is 13.8 Å². The summed E-state index contributed by atoms with van der Waals surface area (Å²) in [6, 6.07) is 2.55. The minimum atomic E-state index is -4.01. The molecule has 0 aromatic heterocycles. The Morgan fingerprint density at radius 2 is 1.76 bits per heavy atom. The monoisotopic (exact) mass is 373 g/mol. The fourth-order valence-corrected chi connectivity index (χ4v) is 4.72. The minimum Gasteiger partial charge on any atom is -0.481 e. The van der Waals surface area contributed by atoms with Crippen molar-refractivity contribution < 1.29 is 18.3 Å². The van der Waals surface area contributed by atoms with Crippen LogP contribution in [0, 0.1) is 5.92 Å². The largest absolute Gasteiger partial charge is 0.481 e. The summed E-state index contributed by atoms with van der Waals surface area (Å²) in [7, 11) is -4.01. The molecule has 0 amide bonds. The van der Waals surface area contributed by atoms with Crippen molar-refractivity contribution in [3.63, 3.8) is 0 Å². The first-order chi connectivity index (χ1) is 9.61. The van der Waals surface area contributed by atoms with Crippen LogP contribution in [0.3, 0.4) is 0 Å². The predicted octanol–water partition coefficient (Wildman–Crippen LogP) is 3.38. The molecule has 1 aromatic rings. The smallest absolute Gasteiger partial charge is 0.307 e. The van der Waals surface area contributed by atoms with Crippen molar-refractivity contribution >= 4 is 50.8 Å². The highest BCUT2D eigenvalue weighted by Gasteiger charge is 2.30. The van der Waals surface area contributed by atoms with E-state index in [9.17, 15) is 13.2 Å². The van der Waals surface area contributed by atoms with Crippen molar-refractivity contribution in [3.05, 3.63) is 27.2 Å². The van der Waals surface area contributed by atoms with Gasteiger partial charge in [0.1, 0.15) is 4.90 Å². The number of aliphatic carboxylic acids is 1. The maximum atomic E-state index is 12.6. The summed E-state index contributed by atoms with van der Waals surface area (Å²) < 4.78 is 26.2. The Morgan fingerprint density at radius 3 is 2.14 bits per heavy atom. The molecule has 0 aliphatic carbocycles. The van der Waals surface area contributed by atoms with Crippen molar-refractivity contribution in [3.8, 4) is 0 Å². The Morgan fingerprint density at radius 1 is 1.29 bits per heavy atom. The van der Waals surface area contributed by atoms with Gasteiger partial charge >= 0.3 is 5.97 Å². The third-order valence-electron chi connectivity index (χ3n) is 2.81. The van der Waals surface area contributed by atoms with Crippen LogP contribution in [-0.2, 0) is 14.8 Å². The molecule has 1 unspecified atom stereocenters. The summed E-state index contributed by atoms with van der Waals surface area (Å²) in [5.41, 5.74) is 0. The fourth-order valence-electron chi connectivity index (χ4n) is 1.69. The third-order valence-corrected chi connectivity index (χ3v) is 5.89. The molecule has 1 N–H and O–H groups in total. The molecular weight excluding hydrogens is 361 g/mol. The van der Waals surface area contributed by atoms with Crippen LogP contribution in [0.4, 0.5) is 0 Å². The number of nitrogens with zero attached hydrogens (tertiary/aromatic N) is 1. The van der Waals surface area contributed by atoms with Crippen molar-refractivity contribution in [1.29, 1.82) is 0 Å². The molecule has 21 heavy (non-hydrogen) atoms. The molecule has 9 heteroatoms. The van der Waals surface area contributed by atoms with Crippen molar-refractivity contribution in [2.45, 2.75) is 18.7 Å². The van der Waals surface area contributed by atoms with Gasteiger partial charge in [-0.25, -0.2) is 8.42 Å². The molecule has 0 heterocycles. The summed E-state index contributed by atoms with van der Waals surface area (Å²) in [5, 5.41) is 8.93. The second-order valence-corrected chi connectivity index (χ2v) is 7.52. The number of carboxylic acids is 1. The lowest BCUT2D eigenvalue weighted by molar-refractivity contribution is -0.141. The Hall–Kier alpha value is -0.530. The maximum Gasteiger partial charge on any atom is 0.307 e. The molecule has 1 aromatic carbocycles. The molecule has 0 aliphatic heterocycles. The second-order valence-electron chi connectivity index (χ2n) is 4.39. The number of hydrogen-bond acceptors (Lipinski definition) is 3. The lowest BCUT2D eigenvalue weighted by Crippen LogP contribution is -2.37. The summed E-state index contributed by atoms with van der Waals surface area (Å²) in [4.78, 5) is 10.6. The Kier molecular flexibility index (Phi) is 6.31. The van der Waals surface area contributed by atoms with E-state index in [1.165, 1.54) is 19.1 Å². The average Bonchev–Trinajstić information content (AvgIpc) is 2.33. The van der Waals surface area contributed by atoms with Crippen LogP contribution in [0.2, 0.25) is 15.1 Å². The lowest BCUT2D eigenvalue weighted by Gasteiger charge is -2.23. The van der Waals surface area contributed by atoms with E-state index in [4.69, 9.17) is 39.9 Å². The average molecular weight is 375 g/mol. The SMILES string of the molecule is CCN(CC(C)C(=O)O)S(=O)(=O)c1c(Cl)cc(Cl)cc1Cl. The topological polar surface area (TPSA) is 74.7 Å². The maximum absolute atomic E-state index is 12.6. The van der Waals surface area contributed by atoms with E-state index in [0.29, 0.717) is 0 Å². The fraction of sp³-hybridized carbons (Fsp3) is 0.417. The number of sulfonamides is 1. The van der Waals surface area contributed by atoms with Crippen molar-refractivity contribution in [1.82, 2.24) is 4.31 Å². The van der Waals surface area contributed by atoms with Crippen molar-refractivity contribution in [2.75, 3.05) is 13.1 Å². The van der Waals surface area contributed by atoms with E-state index in [1.54, 1.807) is 6.92 Å². The van der Waals surface area contributed by atoms with Crippen LogP contribution >= 0.6 is 34.8 Å². The first-order valence-electron chi connectivity index (χ1n) is 5.98. The van der Waals surface area contributed by atoms with Crippen LogP contribution in [0.25, 0.3) is 0 Å². The predicted molar refractivity (Wildman–Crippen MR) is 82.7 cm³/mol. The number of hydrogen-bond donors (Lipinski definition) is 1. The first-order valence-corrected chi connectivity index (χ1v) is 8.56. The van der Waals surface area contributed by atoms with Gasteiger partial charge in [0.25, 0.3) is 0 Å². The number of carbonyl (C=O) groups is 1. The minimum absolute atomic E-state index is 0.0925. The molecule has 0 saturated carbocycles. The van der Waals surface area contributed by atoms with E-state index in [2.05, 4.69) is 0 Å². The van der Waals surface area contributed by atoms with Crippen LogP contribution in [-0.4, -0.2) is 36.9 Å². The molecule has 118 valence electrons. The van der Waals surface area contributed by atoms with Gasteiger partial charge in [0.05, 0.1) is 16.0 Å². The zero-order valence-electron chi connectivity index (χ0n) is 11.3. The molecule has 0 spiro atoms. The highest BCUT2D eigenvalue weighted by Crippen LogP contribution is 2.34. The molecule has 1 rings (SSSR count). The number of benzene rings is 1. The summed E-state index contributed by atoms with van der Waals surface area (Å²) in [6.07, 6.45) is 0. The molecular formula is C12H14Cl3NO4S. The molecule has 5 nitrogen and oxygen atoms in total. The quantitative estimate of drug-likeness (QED) is 0.828. The van der Waals surface area contributed by atoms with E-state index in [1.807, 2.05) is 0 Å². The number of carboxylic acid groups (broad SMARTS) is 1. The second kappa shape index (κ2) is 7.15. The van der Waals surface area contributed by atoms with Crippen LogP contribution in [0.5, 0.6) is 0 Å². The normalized spacial score (nSPS) is 13.4. The van der Waals surface area contributed by atoms with Crippen LogP contribution < -0.4 is 0 Å². The van der Waals surface area contributed by atoms with Crippen molar-refractivity contribution in [2.24, 2.45) is 5.92 Å². The number of halogens is 3. The Bertz CT molecular complexity index is 625. The van der Waals surface area contributed by atoms with Gasteiger partial charge in [-0.1, -0.05) is 48.7 Å².